The molecule has 7 N–H and O–H groups in total. The molecule has 2 aliphatic rings. The third-order valence-electron chi connectivity index (χ3n) is 4.47. The fourth-order valence-corrected chi connectivity index (χ4v) is 6.42. The summed E-state index contributed by atoms with van der Waals surface area (Å²) in [6.07, 6.45) is -3.62. The summed E-state index contributed by atoms with van der Waals surface area (Å²) in [5.74, 6) is -4.72. The Labute approximate surface area is 175 Å². The van der Waals surface area contributed by atoms with Crippen LogP contribution in [0, 0.1) is 0 Å². The molecule has 0 bridgehead atoms. The van der Waals surface area contributed by atoms with E-state index in [2.05, 4.69) is 24.7 Å². The monoisotopic (exact) mass is 527 g/mol. The van der Waals surface area contributed by atoms with Crippen LogP contribution < -0.4 is 11.4 Å². The molecule has 32 heavy (non-hydrogen) atoms. The average Bonchev–Trinajstić information content (AvgIpc) is 3.00. The van der Waals surface area contributed by atoms with Gasteiger partial charge in [-0.15, -0.1) is 6.58 Å². The normalized spacial score (nSPS) is 34.8. The van der Waals surface area contributed by atoms with Crippen molar-refractivity contribution in [2.75, 3.05) is 5.73 Å². The van der Waals surface area contributed by atoms with Crippen molar-refractivity contribution in [2.45, 2.75) is 29.5 Å². The van der Waals surface area contributed by atoms with Crippen LogP contribution in [0.1, 0.15) is 6.23 Å². The molecule has 1 aliphatic heterocycles. The summed E-state index contributed by atoms with van der Waals surface area (Å²) in [6, 6.07) is 0.971. The Bertz CT molecular complexity index is 1170. The zero-order valence-electron chi connectivity index (χ0n) is 15.2. The molecule has 0 amide bonds. The van der Waals surface area contributed by atoms with Gasteiger partial charge in [-0.3, -0.25) is 9.09 Å². The Morgan fingerprint density at radius 1 is 1.22 bits per heavy atom. The van der Waals surface area contributed by atoms with Crippen molar-refractivity contribution in [1.82, 2.24) is 9.55 Å². The van der Waals surface area contributed by atoms with E-state index in [1.807, 2.05) is 0 Å². The van der Waals surface area contributed by atoms with Gasteiger partial charge < -0.3 is 35.2 Å². The Hall–Kier alpha value is -1.39. The van der Waals surface area contributed by atoms with Crippen molar-refractivity contribution in [3.05, 3.63) is 35.4 Å². The SMILES string of the molecule is C=C[C@]12O[C@@H](n3ccc(N)nc3=O)C(F)(F)[C@@]1(O)C2OP(=O)(O)OP(=O)(O)OP(=O)(O)O. The van der Waals surface area contributed by atoms with Gasteiger partial charge in [-0.2, -0.15) is 22.4 Å². The zero-order chi connectivity index (χ0) is 24.5. The van der Waals surface area contributed by atoms with Crippen LogP contribution in [0.4, 0.5) is 14.6 Å². The number of halogens is 2. The number of hydrogen-bond acceptors (Lipinski definition) is 11. The molecule has 1 saturated heterocycles. The van der Waals surface area contributed by atoms with E-state index in [1.165, 1.54) is 0 Å². The quantitative estimate of drug-likeness (QED) is 0.182. The van der Waals surface area contributed by atoms with Gasteiger partial charge >= 0.3 is 35.1 Å². The minimum Gasteiger partial charge on any atom is -0.383 e. The summed E-state index contributed by atoms with van der Waals surface area (Å²) in [6.45, 7) is 3.17. The van der Waals surface area contributed by atoms with E-state index in [0.29, 0.717) is 6.08 Å². The topological polar surface area (TPSA) is 250 Å². The molecular formula is C11H14F2N3O13P3. The number of ether oxygens (including phenoxy) is 1. The fraction of sp³-hybridized carbons (Fsp3) is 0.455. The molecule has 0 aromatic carbocycles. The van der Waals surface area contributed by atoms with Gasteiger partial charge in [0, 0.05) is 6.20 Å². The van der Waals surface area contributed by atoms with Crippen LogP contribution >= 0.6 is 23.5 Å². The first kappa shape index (κ1) is 25.2. The standard InChI is InChI=1S/C11H14F2N3O13P3/c1-2-9-6(27-31(22,23)29-32(24,25)28-30(19,20)21)10(9,18)11(12,13)7(26-9)16-4-3-5(14)15-8(16)17/h2-4,6-7,18H,1H2,(H,22,23)(H,24,25)(H2,14,15,17)(H2,19,20,21)/t6?,7-,9-,10-/m1/s1. The highest BCUT2D eigenvalue weighted by molar-refractivity contribution is 7.66. The van der Waals surface area contributed by atoms with Crippen molar-refractivity contribution >= 4 is 29.3 Å². The maximum Gasteiger partial charge on any atom is 0.490 e. The lowest BCUT2D eigenvalue weighted by atomic mass is 10.1. The van der Waals surface area contributed by atoms with Crippen LogP contribution in [0.5, 0.6) is 0 Å². The number of alkyl halides is 2. The second-order valence-electron chi connectivity index (χ2n) is 6.48. The number of phosphoric ester groups is 1. The molecule has 3 rings (SSSR count). The van der Waals surface area contributed by atoms with Gasteiger partial charge in [0.2, 0.25) is 6.23 Å². The van der Waals surface area contributed by atoms with Gasteiger partial charge in [0.25, 0.3) is 0 Å². The number of phosphoric acid groups is 3. The van der Waals surface area contributed by atoms with Crippen molar-refractivity contribution < 1.29 is 65.0 Å². The summed E-state index contributed by atoms with van der Waals surface area (Å²) in [5.41, 5.74) is -2.09. The maximum atomic E-state index is 15.0. The molecule has 1 saturated carbocycles. The molecule has 3 unspecified atom stereocenters. The molecule has 0 radical (unpaired) electrons. The van der Waals surface area contributed by atoms with E-state index in [0.717, 1.165) is 12.3 Å². The fourth-order valence-electron chi connectivity index (χ4n) is 3.19. The molecule has 2 fully saturated rings. The van der Waals surface area contributed by atoms with Crippen molar-refractivity contribution in [3.8, 4) is 0 Å². The Balaban J connectivity index is 1.89. The molecule has 1 aliphatic carbocycles. The lowest BCUT2D eigenvalue weighted by Gasteiger charge is -2.27. The van der Waals surface area contributed by atoms with E-state index < -0.39 is 58.6 Å². The first-order valence-electron chi connectivity index (χ1n) is 7.90. The molecule has 6 atom stereocenters. The molecule has 0 spiro atoms. The number of anilines is 1. The van der Waals surface area contributed by atoms with E-state index in [4.69, 9.17) is 25.2 Å². The minimum atomic E-state index is -5.95. The van der Waals surface area contributed by atoms with Crippen molar-refractivity contribution in [2.24, 2.45) is 0 Å². The first-order valence-corrected chi connectivity index (χ1v) is 12.4. The van der Waals surface area contributed by atoms with Crippen LogP contribution in [0.15, 0.2) is 29.7 Å². The largest absolute Gasteiger partial charge is 0.490 e. The van der Waals surface area contributed by atoms with Gasteiger partial charge in [0.05, 0.1) is 0 Å². The lowest BCUT2D eigenvalue weighted by molar-refractivity contribution is -0.198. The average molecular weight is 527 g/mol. The van der Waals surface area contributed by atoms with Crippen LogP contribution in [0.25, 0.3) is 0 Å². The number of rotatable bonds is 8. The first-order chi connectivity index (χ1) is 14.3. The van der Waals surface area contributed by atoms with Crippen LogP contribution in [0.3, 0.4) is 0 Å². The van der Waals surface area contributed by atoms with Gasteiger partial charge in [-0.25, -0.2) is 18.5 Å². The lowest BCUT2D eigenvalue weighted by Crippen LogP contribution is -2.46. The number of nitrogens with zero attached hydrogens (tertiary/aromatic N) is 2. The van der Waals surface area contributed by atoms with E-state index in [1.54, 1.807) is 0 Å². The third kappa shape index (κ3) is 3.92. The van der Waals surface area contributed by atoms with Gasteiger partial charge in [-0.05, 0) is 6.07 Å². The van der Waals surface area contributed by atoms with E-state index in [9.17, 15) is 28.5 Å². The molecule has 21 heteroatoms. The highest BCUT2D eigenvalue weighted by Crippen LogP contribution is 2.75. The minimum absolute atomic E-state index is 0.271. The predicted octanol–water partition coefficient (Wildman–Crippen LogP) is -0.629. The smallest absolute Gasteiger partial charge is 0.383 e. The molecule has 1 aromatic heterocycles. The number of nitrogens with two attached hydrogens (primary N) is 1. The van der Waals surface area contributed by atoms with E-state index in [-0.39, 0.29) is 10.4 Å². The van der Waals surface area contributed by atoms with E-state index >= 15 is 8.78 Å². The summed E-state index contributed by atoms with van der Waals surface area (Å²) < 4.78 is 80.7. The summed E-state index contributed by atoms with van der Waals surface area (Å²) in [4.78, 5) is 50.8. The summed E-state index contributed by atoms with van der Waals surface area (Å²) in [7, 11) is -17.6. The number of aliphatic hydroxyl groups is 1. The van der Waals surface area contributed by atoms with Crippen LogP contribution in [-0.2, 0) is 31.6 Å². The number of hydrogen-bond donors (Lipinski definition) is 6. The summed E-state index contributed by atoms with van der Waals surface area (Å²) >= 11 is 0. The van der Waals surface area contributed by atoms with Gasteiger partial charge in [0.1, 0.15) is 11.9 Å². The number of nitrogen functional groups attached to an aromatic ring is 1. The number of fused-ring (bicyclic) bond motifs is 1. The molecule has 16 nitrogen and oxygen atoms in total. The van der Waals surface area contributed by atoms with Crippen molar-refractivity contribution in [1.29, 1.82) is 0 Å². The second-order valence-corrected chi connectivity index (χ2v) is 10.8. The third-order valence-corrected chi connectivity index (χ3v) is 8.27. The highest BCUT2D eigenvalue weighted by atomic mass is 31.3. The predicted molar refractivity (Wildman–Crippen MR) is 94.6 cm³/mol. The van der Waals surface area contributed by atoms with Crippen LogP contribution in [-0.4, -0.2) is 57.5 Å². The van der Waals surface area contributed by atoms with Gasteiger partial charge in [0.15, 0.2) is 11.2 Å². The summed E-state index contributed by atoms with van der Waals surface area (Å²) in [5, 5.41) is 10.5. The zero-order valence-corrected chi connectivity index (χ0v) is 17.8. The highest BCUT2D eigenvalue weighted by Gasteiger charge is 2.96. The Kier molecular flexibility index (Phi) is 5.76. The Morgan fingerprint density at radius 2 is 1.81 bits per heavy atom. The molecule has 180 valence electrons. The van der Waals surface area contributed by atoms with Crippen molar-refractivity contribution in [3.63, 3.8) is 0 Å². The molecule has 1 aromatic rings. The molecule has 2 heterocycles. The van der Waals surface area contributed by atoms with Gasteiger partial charge in [-0.1, -0.05) is 6.08 Å². The maximum absolute atomic E-state index is 15.0. The van der Waals surface area contributed by atoms with Crippen LogP contribution in [0.2, 0.25) is 0 Å². The Morgan fingerprint density at radius 3 is 2.28 bits per heavy atom. The molecular weight excluding hydrogens is 513 g/mol. The number of aromatic nitrogens is 2. The second kappa shape index (κ2) is 7.30.